The molecule has 2 aromatic rings. The molecule has 11 heteroatoms. The van der Waals surface area contributed by atoms with Crippen molar-refractivity contribution in [3.8, 4) is 0 Å². The molecule has 44 heavy (non-hydrogen) atoms. The van der Waals surface area contributed by atoms with E-state index in [4.69, 9.17) is 14.2 Å². The zero-order valence-electron chi connectivity index (χ0n) is 25.7. The molecule has 7 atom stereocenters. The van der Waals surface area contributed by atoms with Crippen molar-refractivity contribution in [3.05, 3.63) is 65.7 Å². The zero-order valence-corrected chi connectivity index (χ0v) is 26.5. The average molecular weight is 628 g/mol. The molecule has 2 saturated carbocycles. The quantitative estimate of drug-likeness (QED) is 0.309. The number of sulfonamides is 1. The Kier molecular flexibility index (Phi) is 9.07. The standard InChI is InChI=1S/C33H45N3O7S/c1-21(2)18-36(44(39,40)26-11-9-25(10-12-26)33(34-3)13-14-33)19-28(37)27(15-22-7-5-4-6-8-22)35-32(38)43-30-24-16-23-17-29(30)42-31(23)41-20-24/h4-12,21,23-24,27-31,34,37H,13-20H2,1-3H3,(H,35,38)/t23?,24?,27-,28+,29?,30-,31?/m0/s1. The number of alkyl carbamates (subject to hydrolysis) is 1. The summed E-state index contributed by atoms with van der Waals surface area (Å²) >= 11 is 0. The fraction of sp³-hybridized carbons (Fsp3) is 0.606. The summed E-state index contributed by atoms with van der Waals surface area (Å²) in [5.74, 6) is 0.430. The van der Waals surface area contributed by atoms with Crippen molar-refractivity contribution in [2.45, 2.75) is 87.0 Å². The third kappa shape index (κ3) is 6.54. The minimum absolute atomic E-state index is 0.0137. The smallest absolute Gasteiger partial charge is 0.407 e. The Hall–Kier alpha value is -2.54. The van der Waals surface area contributed by atoms with Gasteiger partial charge in [-0.1, -0.05) is 56.3 Å². The van der Waals surface area contributed by atoms with E-state index in [0.717, 1.165) is 36.8 Å². The number of hydrogen-bond acceptors (Lipinski definition) is 8. The van der Waals surface area contributed by atoms with Gasteiger partial charge in [0.25, 0.3) is 0 Å². The molecule has 4 unspecified atom stereocenters. The topological polar surface area (TPSA) is 126 Å². The third-order valence-electron chi connectivity index (χ3n) is 9.68. The van der Waals surface area contributed by atoms with Crippen molar-refractivity contribution >= 4 is 16.1 Å². The van der Waals surface area contributed by atoms with Gasteiger partial charge < -0.3 is 30.0 Å². The van der Waals surface area contributed by atoms with E-state index in [-0.39, 0.29) is 47.8 Å². The maximum Gasteiger partial charge on any atom is 0.407 e. The van der Waals surface area contributed by atoms with Crippen molar-refractivity contribution in [1.82, 2.24) is 14.9 Å². The van der Waals surface area contributed by atoms with Gasteiger partial charge in [-0.2, -0.15) is 4.31 Å². The van der Waals surface area contributed by atoms with Gasteiger partial charge in [0.1, 0.15) is 6.10 Å². The van der Waals surface area contributed by atoms with Gasteiger partial charge in [-0.3, -0.25) is 0 Å². The molecule has 10 nitrogen and oxygen atoms in total. The van der Waals surface area contributed by atoms with Gasteiger partial charge in [0.15, 0.2) is 6.29 Å². The number of nitrogens with zero attached hydrogens (tertiary/aromatic N) is 1. The maximum absolute atomic E-state index is 13.9. The van der Waals surface area contributed by atoms with Crippen LogP contribution < -0.4 is 10.6 Å². The summed E-state index contributed by atoms with van der Waals surface area (Å²) in [6, 6.07) is 15.8. The van der Waals surface area contributed by atoms with Crippen molar-refractivity contribution in [2.24, 2.45) is 17.8 Å². The Bertz CT molecular complexity index is 1390. The molecule has 2 heterocycles. The molecule has 6 rings (SSSR count). The SMILES string of the molecule is CNC1(c2ccc(S(=O)(=O)N(CC(C)C)C[C@@H](O)[C@H](Cc3ccccc3)NC(=O)O[C@H]3C4COC5OC3CC5C4)cc2)CC1. The van der Waals surface area contributed by atoms with Crippen LogP contribution in [0.2, 0.25) is 0 Å². The number of aliphatic hydroxyl groups excluding tert-OH is 1. The molecule has 3 bridgehead atoms. The molecular formula is C33H45N3O7S. The molecule has 3 N–H and O–H groups in total. The number of aliphatic hydroxyl groups is 1. The van der Waals surface area contributed by atoms with Crippen molar-refractivity contribution in [1.29, 1.82) is 0 Å². The van der Waals surface area contributed by atoms with E-state index in [2.05, 4.69) is 10.6 Å². The van der Waals surface area contributed by atoms with E-state index < -0.39 is 34.4 Å². The number of hydrogen-bond donors (Lipinski definition) is 3. The van der Waals surface area contributed by atoms with Crippen molar-refractivity contribution in [2.75, 3.05) is 26.7 Å². The molecule has 4 fully saturated rings. The summed E-state index contributed by atoms with van der Waals surface area (Å²) in [6.45, 7) is 4.40. The minimum atomic E-state index is -3.93. The van der Waals surface area contributed by atoms with Crippen LogP contribution in [0.3, 0.4) is 0 Å². The Morgan fingerprint density at radius 1 is 1.07 bits per heavy atom. The Labute approximate surface area is 260 Å². The molecule has 1 amide bonds. The van der Waals surface area contributed by atoms with Crippen molar-refractivity contribution < 1.29 is 32.5 Å². The second-order valence-corrected chi connectivity index (χ2v) is 15.3. The average Bonchev–Trinajstić information content (AvgIpc) is 3.75. The van der Waals surface area contributed by atoms with Crippen LogP contribution in [0.1, 0.15) is 50.7 Å². The second-order valence-electron chi connectivity index (χ2n) is 13.3. The lowest BCUT2D eigenvalue weighted by Crippen LogP contribution is -2.53. The van der Waals surface area contributed by atoms with Gasteiger partial charge in [-0.05, 0) is 68.3 Å². The van der Waals surface area contributed by atoms with E-state index in [1.54, 1.807) is 12.1 Å². The molecule has 4 aliphatic rings. The summed E-state index contributed by atoms with van der Waals surface area (Å²) in [6.07, 6.45) is 1.34. The predicted molar refractivity (Wildman–Crippen MR) is 164 cm³/mol. The van der Waals surface area contributed by atoms with Crippen LogP contribution in [0, 0.1) is 17.8 Å². The molecule has 2 saturated heterocycles. The van der Waals surface area contributed by atoms with Crippen LogP contribution in [0.4, 0.5) is 4.79 Å². The fourth-order valence-corrected chi connectivity index (χ4v) is 8.72. The first-order valence-corrected chi connectivity index (χ1v) is 17.3. The van der Waals surface area contributed by atoms with E-state index in [1.807, 2.05) is 63.4 Å². The summed E-state index contributed by atoms with van der Waals surface area (Å²) < 4.78 is 46.9. The number of fused-ring (bicyclic) bond motifs is 2. The number of amides is 1. The van der Waals surface area contributed by atoms with Gasteiger partial charge in [0.2, 0.25) is 10.0 Å². The van der Waals surface area contributed by atoms with Crippen LogP contribution in [0.15, 0.2) is 59.5 Å². The lowest BCUT2D eigenvalue weighted by atomic mass is 9.78. The first kappa shape index (κ1) is 31.4. The highest BCUT2D eigenvalue weighted by atomic mass is 32.2. The first-order chi connectivity index (χ1) is 21.1. The zero-order chi connectivity index (χ0) is 31.1. The molecule has 2 aliphatic heterocycles. The summed E-state index contributed by atoms with van der Waals surface area (Å²) in [5, 5.41) is 17.8. The van der Waals surface area contributed by atoms with Gasteiger partial charge >= 0.3 is 6.09 Å². The maximum atomic E-state index is 13.9. The molecule has 0 spiro atoms. The van der Waals surface area contributed by atoms with Crippen LogP contribution in [-0.2, 0) is 36.2 Å². The van der Waals surface area contributed by atoms with Gasteiger partial charge in [-0.25, -0.2) is 13.2 Å². The van der Waals surface area contributed by atoms with E-state index >= 15 is 0 Å². The normalized spacial score (nSPS) is 28.2. The molecule has 240 valence electrons. The summed E-state index contributed by atoms with van der Waals surface area (Å²) in [5.41, 5.74) is 1.89. The first-order valence-electron chi connectivity index (χ1n) is 15.8. The highest BCUT2D eigenvalue weighted by Gasteiger charge is 2.53. The lowest BCUT2D eigenvalue weighted by Gasteiger charge is -2.37. The highest BCUT2D eigenvalue weighted by molar-refractivity contribution is 7.89. The molecule has 0 radical (unpaired) electrons. The number of carbonyl (C=O) groups excluding carboxylic acids is 1. The monoisotopic (exact) mass is 627 g/mol. The highest BCUT2D eigenvalue weighted by Crippen LogP contribution is 2.47. The largest absolute Gasteiger partial charge is 0.443 e. The Morgan fingerprint density at radius 3 is 2.45 bits per heavy atom. The number of nitrogens with one attached hydrogen (secondary N) is 2. The third-order valence-corrected chi connectivity index (χ3v) is 11.5. The summed E-state index contributed by atoms with van der Waals surface area (Å²) in [7, 11) is -2.01. The van der Waals surface area contributed by atoms with Crippen LogP contribution >= 0.6 is 0 Å². The fourth-order valence-electron chi connectivity index (χ4n) is 7.10. The van der Waals surface area contributed by atoms with Crippen LogP contribution in [0.25, 0.3) is 0 Å². The molecule has 2 aliphatic carbocycles. The number of ether oxygens (including phenoxy) is 3. The Balaban J connectivity index is 1.18. The van der Waals surface area contributed by atoms with Crippen LogP contribution in [0.5, 0.6) is 0 Å². The predicted octanol–water partition coefficient (Wildman–Crippen LogP) is 3.39. The molecule has 0 aromatic heterocycles. The van der Waals surface area contributed by atoms with Gasteiger partial charge in [0.05, 0.1) is 29.8 Å². The lowest BCUT2D eigenvalue weighted by molar-refractivity contribution is -0.153. The molecular weight excluding hydrogens is 582 g/mol. The second kappa shape index (κ2) is 12.7. The van der Waals surface area contributed by atoms with Crippen LogP contribution in [-0.4, -0.2) is 81.3 Å². The number of rotatable bonds is 13. The Morgan fingerprint density at radius 2 is 1.80 bits per heavy atom. The van der Waals surface area contributed by atoms with E-state index in [1.165, 1.54) is 4.31 Å². The van der Waals surface area contributed by atoms with E-state index in [0.29, 0.717) is 18.9 Å². The number of benzene rings is 2. The van der Waals surface area contributed by atoms with Gasteiger partial charge in [0, 0.05) is 30.5 Å². The number of carbonyl (C=O) groups is 1. The molecule has 2 aromatic carbocycles. The van der Waals surface area contributed by atoms with Crippen molar-refractivity contribution in [3.63, 3.8) is 0 Å². The summed E-state index contributed by atoms with van der Waals surface area (Å²) in [4.78, 5) is 13.5. The van der Waals surface area contributed by atoms with E-state index in [9.17, 15) is 18.3 Å². The minimum Gasteiger partial charge on any atom is -0.443 e. The van der Waals surface area contributed by atoms with Gasteiger partial charge in [-0.15, -0.1) is 0 Å².